The van der Waals surface area contributed by atoms with Crippen LogP contribution in [0.25, 0.3) is 0 Å². The first-order valence-electron chi connectivity index (χ1n) is 6.93. The smallest absolute Gasteiger partial charge is 0.0589 e. The summed E-state index contributed by atoms with van der Waals surface area (Å²) in [5.74, 6) is 1.85. The maximum atomic E-state index is 5.09. The molecule has 1 aliphatic rings. The molecule has 1 rings (SSSR count). The van der Waals surface area contributed by atoms with Crippen molar-refractivity contribution in [1.29, 1.82) is 0 Å². The molecule has 1 heterocycles. The summed E-state index contributed by atoms with van der Waals surface area (Å²) < 4.78 is 5.09. The van der Waals surface area contributed by atoms with Gasteiger partial charge in [0.2, 0.25) is 0 Å². The second-order valence-corrected chi connectivity index (χ2v) is 4.91. The van der Waals surface area contributed by atoms with Crippen LogP contribution in [0.3, 0.4) is 0 Å². The van der Waals surface area contributed by atoms with Crippen LogP contribution in [0.5, 0.6) is 0 Å². The Labute approximate surface area is 102 Å². The van der Waals surface area contributed by atoms with Gasteiger partial charge in [-0.15, -0.1) is 0 Å². The highest BCUT2D eigenvalue weighted by Crippen LogP contribution is 2.23. The van der Waals surface area contributed by atoms with E-state index in [0.29, 0.717) is 0 Å². The van der Waals surface area contributed by atoms with E-state index in [-0.39, 0.29) is 0 Å². The molecule has 1 saturated heterocycles. The lowest BCUT2D eigenvalue weighted by Gasteiger charge is -2.32. The molecule has 0 N–H and O–H groups in total. The average molecular weight is 229 g/mol. The van der Waals surface area contributed by atoms with Crippen LogP contribution in [0, 0.1) is 11.8 Å². The van der Waals surface area contributed by atoms with Crippen LogP contribution in [0.2, 0.25) is 0 Å². The molecular formula is C14H31NO. The molecule has 1 fully saturated rings. The molecule has 0 aromatic heterocycles. The van der Waals surface area contributed by atoms with Gasteiger partial charge in [-0.05, 0) is 44.2 Å². The quantitative estimate of drug-likeness (QED) is 0.716. The Balaban J connectivity index is 0.00000106. The van der Waals surface area contributed by atoms with Crippen molar-refractivity contribution in [3.8, 4) is 0 Å². The third-order valence-corrected chi connectivity index (χ3v) is 3.12. The minimum Gasteiger partial charge on any atom is -0.383 e. The Morgan fingerprint density at radius 3 is 2.19 bits per heavy atom. The third kappa shape index (κ3) is 7.24. The first-order chi connectivity index (χ1) is 7.72. The molecule has 2 heteroatoms. The van der Waals surface area contributed by atoms with Crippen molar-refractivity contribution in [2.75, 3.05) is 33.4 Å². The van der Waals surface area contributed by atoms with Gasteiger partial charge in [-0.1, -0.05) is 27.7 Å². The average Bonchev–Trinajstić information content (AvgIpc) is 2.30. The lowest BCUT2D eigenvalue weighted by molar-refractivity contribution is 0.115. The molecule has 0 saturated carbocycles. The van der Waals surface area contributed by atoms with Crippen LogP contribution in [0.1, 0.15) is 47.0 Å². The Bertz CT molecular complexity index is 140. The maximum absolute atomic E-state index is 5.09. The molecule has 0 radical (unpaired) electrons. The zero-order valence-corrected chi connectivity index (χ0v) is 12.0. The first-order valence-corrected chi connectivity index (χ1v) is 6.93. The Kier molecular flexibility index (Phi) is 10.0. The summed E-state index contributed by atoms with van der Waals surface area (Å²) in [6, 6.07) is 0. The predicted octanol–water partition coefficient (Wildman–Crippen LogP) is 3.42. The molecule has 0 aliphatic carbocycles. The van der Waals surface area contributed by atoms with E-state index in [4.69, 9.17) is 4.74 Å². The number of nitrogens with zero attached hydrogens (tertiary/aromatic N) is 1. The van der Waals surface area contributed by atoms with Crippen molar-refractivity contribution in [1.82, 2.24) is 4.90 Å². The number of rotatable bonds is 5. The molecule has 0 aromatic carbocycles. The number of hydrogen-bond donors (Lipinski definition) is 0. The zero-order chi connectivity index (χ0) is 12.4. The SMILES string of the molecule is CC.COCCN1CCC(CC(C)C)CC1. The number of hydrogen-bond acceptors (Lipinski definition) is 2. The van der Waals surface area contributed by atoms with E-state index in [1.54, 1.807) is 7.11 Å². The zero-order valence-electron chi connectivity index (χ0n) is 12.0. The van der Waals surface area contributed by atoms with Gasteiger partial charge in [0.1, 0.15) is 0 Å². The van der Waals surface area contributed by atoms with Crippen molar-refractivity contribution >= 4 is 0 Å². The van der Waals surface area contributed by atoms with Crippen LogP contribution < -0.4 is 0 Å². The van der Waals surface area contributed by atoms with Crippen molar-refractivity contribution < 1.29 is 4.74 Å². The van der Waals surface area contributed by atoms with Gasteiger partial charge in [0.05, 0.1) is 6.61 Å². The van der Waals surface area contributed by atoms with Crippen LogP contribution in [-0.4, -0.2) is 38.3 Å². The van der Waals surface area contributed by atoms with Crippen LogP contribution in [0.15, 0.2) is 0 Å². The minimum absolute atomic E-state index is 0.866. The summed E-state index contributed by atoms with van der Waals surface area (Å²) in [5.41, 5.74) is 0. The van der Waals surface area contributed by atoms with Gasteiger partial charge in [0.25, 0.3) is 0 Å². The van der Waals surface area contributed by atoms with E-state index in [1.165, 1.54) is 32.4 Å². The third-order valence-electron chi connectivity index (χ3n) is 3.12. The van der Waals surface area contributed by atoms with E-state index >= 15 is 0 Å². The molecule has 0 aromatic rings. The van der Waals surface area contributed by atoms with E-state index in [2.05, 4.69) is 18.7 Å². The summed E-state index contributed by atoms with van der Waals surface area (Å²) in [4.78, 5) is 2.53. The summed E-state index contributed by atoms with van der Waals surface area (Å²) in [7, 11) is 1.78. The first kappa shape index (κ1) is 15.9. The highest BCUT2D eigenvalue weighted by Gasteiger charge is 2.19. The molecule has 2 nitrogen and oxygen atoms in total. The van der Waals surface area contributed by atoms with Gasteiger partial charge in [-0.2, -0.15) is 0 Å². The van der Waals surface area contributed by atoms with Crippen molar-refractivity contribution in [2.45, 2.75) is 47.0 Å². The summed E-state index contributed by atoms with van der Waals surface area (Å²) >= 11 is 0. The molecule has 0 atom stereocenters. The Morgan fingerprint density at radius 2 is 1.75 bits per heavy atom. The van der Waals surface area contributed by atoms with Gasteiger partial charge >= 0.3 is 0 Å². The largest absolute Gasteiger partial charge is 0.383 e. The summed E-state index contributed by atoms with van der Waals surface area (Å²) in [5, 5.41) is 0. The normalized spacial score (nSPS) is 18.4. The lowest BCUT2D eigenvalue weighted by atomic mass is 9.89. The lowest BCUT2D eigenvalue weighted by Crippen LogP contribution is -2.36. The van der Waals surface area contributed by atoms with Crippen LogP contribution in [-0.2, 0) is 4.74 Å². The molecule has 98 valence electrons. The molecule has 1 aliphatic heterocycles. The van der Waals surface area contributed by atoms with Gasteiger partial charge in [0, 0.05) is 13.7 Å². The van der Waals surface area contributed by atoms with Gasteiger partial charge < -0.3 is 9.64 Å². The standard InChI is InChI=1S/C12H25NO.C2H6/c1-11(2)10-12-4-6-13(7-5-12)8-9-14-3;1-2/h11-12H,4-10H2,1-3H3;1-2H3. The van der Waals surface area contributed by atoms with E-state index < -0.39 is 0 Å². The molecule has 0 bridgehead atoms. The second-order valence-electron chi connectivity index (χ2n) is 4.91. The highest BCUT2D eigenvalue weighted by molar-refractivity contribution is 4.72. The molecule has 0 amide bonds. The van der Waals surface area contributed by atoms with Gasteiger partial charge in [0.15, 0.2) is 0 Å². The minimum atomic E-state index is 0.866. The van der Waals surface area contributed by atoms with Crippen molar-refractivity contribution in [2.24, 2.45) is 11.8 Å². The van der Waals surface area contributed by atoms with E-state index in [9.17, 15) is 0 Å². The monoisotopic (exact) mass is 229 g/mol. The fourth-order valence-corrected chi connectivity index (χ4v) is 2.33. The number of ether oxygens (including phenoxy) is 1. The fourth-order valence-electron chi connectivity index (χ4n) is 2.33. The van der Waals surface area contributed by atoms with Crippen molar-refractivity contribution in [3.63, 3.8) is 0 Å². The topological polar surface area (TPSA) is 12.5 Å². The van der Waals surface area contributed by atoms with E-state index in [0.717, 1.165) is 25.0 Å². The summed E-state index contributed by atoms with van der Waals surface area (Å²) in [6.45, 7) is 13.2. The number of likely N-dealkylation sites (tertiary alicyclic amines) is 1. The Morgan fingerprint density at radius 1 is 1.19 bits per heavy atom. The highest BCUT2D eigenvalue weighted by atomic mass is 16.5. The number of piperidine rings is 1. The molecular weight excluding hydrogens is 198 g/mol. The fraction of sp³-hybridized carbons (Fsp3) is 1.00. The molecule has 16 heavy (non-hydrogen) atoms. The van der Waals surface area contributed by atoms with E-state index in [1.807, 2.05) is 13.8 Å². The number of methoxy groups -OCH3 is 1. The van der Waals surface area contributed by atoms with Crippen LogP contribution in [0.4, 0.5) is 0 Å². The van der Waals surface area contributed by atoms with Crippen LogP contribution >= 0.6 is 0 Å². The maximum Gasteiger partial charge on any atom is 0.0589 e. The Hall–Kier alpha value is -0.0800. The summed E-state index contributed by atoms with van der Waals surface area (Å²) in [6.07, 6.45) is 4.20. The molecule has 0 unspecified atom stereocenters. The van der Waals surface area contributed by atoms with Gasteiger partial charge in [-0.3, -0.25) is 0 Å². The predicted molar refractivity (Wildman–Crippen MR) is 71.8 cm³/mol. The second kappa shape index (κ2) is 10.1. The molecule has 0 spiro atoms. The van der Waals surface area contributed by atoms with Gasteiger partial charge in [-0.25, -0.2) is 0 Å². The van der Waals surface area contributed by atoms with Crippen molar-refractivity contribution in [3.05, 3.63) is 0 Å².